The van der Waals surface area contributed by atoms with Gasteiger partial charge in [-0.1, -0.05) is 0 Å². The topological polar surface area (TPSA) is 68.7 Å². The molecule has 18 heavy (non-hydrogen) atoms. The SMILES string of the molecule is COC(=O)c1cc(O)c2ccc(OC)c(Br)c2n1. The molecule has 6 heteroatoms. The van der Waals surface area contributed by atoms with Crippen LogP contribution in [0.3, 0.4) is 0 Å². The number of pyridine rings is 1. The number of aromatic nitrogens is 1. The van der Waals surface area contributed by atoms with Gasteiger partial charge < -0.3 is 14.6 Å². The molecule has 2 rings (SSSR count). The summed E-state index contributed by atoms with van der Waals surface area (Å²) in [6.45, 7) is 0. The lowest BCUT2D eigenvalue weighted by Gasteiger charge is -2.08. The second-order valence-corrected chi connectivity index (χ2v) is 4.29. The van der Waals surface area contributed by atoms with Crippen LogP contribution in [-0.2, 0) is 4.74 Å². The zero-order valence-corrected chi connectivity index (χ0v) is 11.3. The van der Waals surface area contributed by atoms with Gasteiger partial charge in [0.2, 0.25) is 0 Å². The Bertz CT molecular complexity index is 627. The molecular weight excluding hydrogens is 302 g/mol. The first-order valence-corrected chi connectivity index (χ1v) is 5.82. The highest BCUT2D eigenvalue weighted by molar-refractivity contribution is 9.10. The summed E-state index contributed by atoms with van der Waals surface area (Å²) in [7, 11) is 2.78. The smallest absolute Gasteiger partial charge is 0.356 e. The molecule has 1 aromatic heterocycles. The minimum atomic E-state index is -0.609. The van der Waals surface area contributed by atoms with Crippen molar-refractivity contribution in [1.82, 2.24) is 4.98 Å². The number of carbonyl (C=O) groups excluding carboxylic acids is 1. The number of esters is 1. The summed E-state index contributed by atoms with van der Waals surface area (Å²) < 4.78 is 10.3. The van der Waals surface area contributed by atoms with E-state index in [4.69, 9.17) is 4.74 Å². The molecule has 5 nitrogen and oxygen atoms in total. The van der Waals surface area contributed by atoms with Crippen molar-refractivity contribution in [3.63, 3.8) is 0 Å². The molecule has 0 unspecified atom stereocenters. The quantitative estimate of drug-likeness (QED) is 0.863. The van der Waals surface area contributed by atoms with E-state index in [9.17, 15) is 9.90 Å². The van der Waals surface area contributed by atoms with Gasteiger partial charge >= 0.3 is 5.97 Å². The summed E-state index contributed by atoms with van der Waals surface area (Å²) in [5.41, 5.74) is 0.478. The van der Waals surface area contributed by atoms with Gasteiger partial charge in [-0.25, -0.2) is 9.78 Å². The summed E-state index contributed by atoms with van der Waals surface area (Å²) >= 11 is 3.33. The molecule has 1 aromatic carbocycles. The van der Waals surface area contributed by atoms with Crippen LogP contribution in [0.25, 0.3) is 10.9 Å². The highest BCUT2D eigenvalue weighted by atomic mass is 79.9. The summed E-state index contributed by atoms with van der Waals surface area (Å²) in [5.74, 6) is -0.0814. The van der Waals surface area contributed by atoms with Crippen LogP contribution < -0.4 is 4.74 Å². The lowest BCUT2D eigenvalue weighted by Crippen LogP contribution is -2.04. The Morgan fingerprint density at radius 3 is 2.72 bits per heavy atom. The van der Waals surface area contributed by atoms with Crippen molar-refractivity contribution in [2.24, 2.45) is 0 Å². The Morgan fingerprint density at radius 1 is 1.39 bits per heavy atom. The van der Waals surface area contributed by atoms with Crippen molar-refractivity contribution in [3.8, 4) is 11.5 Å². The molecule has 0 aliphatic heterocycles. The van der Waals surface area contributed by atoms with E-state index in [0.717, 1.165) is 0 Å². The average Bonchev–Trinajstić information content (AvgIpc) is 2.38. The van der Waals surface area contributed by atoms with Crippen LogP contribution in [0.1, 0.15) is 10.5 Å². The van der Waals surface area contributed by atoms with Gasteiger partial charge in [0.05, 0.1) is 24.2 Å². The predicted molar refractivity (Wildman–Crippen MR) is 69.0 cm³/mol. The molecule has 0 amide bonds. The number of nitrogens with zero attached hydrogens (tertiary/aromatic N) is 1. The van der Waals surface area contributed by atoms with E-state index >= 15 is 0 Å². The molecule has 0 fully saturated rings. The highest BCUT2D eigenvalue weighted by Crippen LogP contribution is 2.35. The molecule has 1 heterocycles. The zero-order chi connectivity index (χ0) is 13.3. The maximum atomic E-state index is 11.4. The summed E-state index contributed by atoms with van der Waals surface area (Å²) in [6.07, 6.45) is 0. The number of ether oxygens (including phenoxy) is 2. The third-order valence-corrected chi connectivity index (χ3v) is 3.24. The maximum Gasteiger partial charge on any atom is 0.356 e. The largest absolute Gasteiger partial charge is 0.507 e. The first-order valence-electron chi connectivity index (χ1n) is 5.03. The Labute approximate surface area is 111 Å². The van der Waals surface area contributed by atoms with Gasteiger partial charge in [-0.3, -0.25) is 0 Å². The van der Waals surface area contributed by atoms with Crippen LogP contribution in [-0.4, -0.2) is 30.3 Å². The molecule has 0 bridgehead atoms. The Hall–Kier alpha value is -1.82. The van der Waals surface area contributed by atoms with E-state index in [-0.39, 0.29) is 11.4 Å². The maximum absolute atomic E-state index is 11.4. The number of fused-ring (bicyclic) bond motifs is 1. The normalized spacial score (nSPS) is 10.4. The number of rotatable bonds is 2. The average molecular weight is 312 g/mol. The van der Waals surface area contributed by atoms with E-state index in [2.05, 4.69) is 25.7 Å². The van der Waals surface area contributed by atoms with Crippen LogP contribution >= 0.6 is 15.9 Å². The first-order chi connectivity index (χ1) is 8.58. The number of carbonyl (C=O) groups is 1. The van der Waals surface area contributed by atoms with Gasteiger partial charge in [0.1, 0.15) is 11.5 Å². The number of hydrogen-bond donors (Lipinski definition) is 1. The monoisotopic (exact) mass is 311 g/mol. The van der Waals surface area contributed by atoms with Crippen LogP contribution in [0.5, 0.6) is 11.5 Å². The Kier molecular flexibility index (Phi) is 3.38. The molecule has 0 radical (unpaired) electrons. The molecular formula is C12H10BrNO4. The van der Waals surface area contributed by atoms with Gasteiger partial charge in [-0.15, -0.1) is 0 Å². The Balaban J connectivity index is 2.76. The summed E-state index contributed by atoms with van der Waals surface area (Å²) in [5, 5.41) is 10.4. The van der Waals surface area contributed by atoms with Crippen molar-refractivity contribution in [2.45, 2.75) is 0 Å². The van der Waals surface area contributed by atoms with E-state index in [1.807, 2.05) is 0 Å². The molecule has 0 aliphatic carbocycles. The number of benzene rings is 1. The van der Waals surface area contributed by atoms with Gasteiger partial charge in [0.15, 0.2) is 5.69 Å². The second kappa shape index (κ2) is 4.81. The lowest BCUT2D eigenvalue weighted by atomic mass is 10.1. The standard InChI is InChI=1S/C12H10BrNO4/c1-17-9-4-3-6-8(15)5-7(12(16)18-2)14-11(6)10(9)13/h3-5H,1-2H3,(H,14,15). The molecule has 0 saturated heterocycles. The second-order valence-electron chi connectivity index (χ2n) is 3.50. The molecule has 0 aliphatic rings. The molecule has 1 N–H and O–H groups in total. The highest BCUT2D eigenvalue weighted by Gasteiger charge is 2.15. The number of methoxy groups -OCH3 is 2. The number of halogens is 1. The third kappa shape index (κ3) is 1.99. The van der Waals surface area contributed by atoms with Crippen LogP contribution in [0.4, 0.5) is 0 Å². The fourth-order valence-corrected chi connectivity index (χ4v) is 2.19. The van der Waals surface area contributed by atoms with Crippen molar-refractivity contribution < 1.29 is 19.4 Å². The molecule has 0 saturated carbocycles. The fraction of sp³-hybridized carbons (Fsp3) is 0.167. The summed E-state index contributed by atoms with van der Waals surface area (Å²) in [4.78, 5) is 15.6. The van der Waals surface area contributed by atoms with Crippen LogP contribution in [0, 0.1) is 0 Å². The van der Waals surface area contributed by atoms with Crippen molar-refractivity contribution >= 4 is 32.8 Å². The van der Waals surface area contributed by atoms with Gasteiger partial charge in [0.25, 0.3) is 0 Å². The number of aromatic hydroxyl groups is 1. The first kappa shape index (κ1) is 12.6. The number of hydrogen-bond acceptors (Lipinski definition) is 5. The summed E-state index contributed by atoms with van der Waals surface area (Å²) in [6, 6.07) is 4.64. The van der Waals surface area contributed by atoms with Crippen LogP contribution in [0.15, 0.2) is 22.7 Å². The molecule has 0 atom stereocenters. The fourth-order valence-electron chi connectivity index (χ4n) is 1.59. The van der Waals surface area contributed by atoms with Crippen molar-refractivity contribution in [2.75, 3.05) is 14.2 Å². The minimum Gasteiger partial charge on any atom is -0.507 e. The van der Waals surface area contributed by atoms with Gasteiger partial charge in [-0.2, -0.15) is 0 Å². The van der Waals surface area contributed by atoms with Crippen molar-refractivity contribution in [1.29, 1.82) is 0 Å². The van der Waals surface area contributed by atoms with Crippen molar-refractivity contribution in [3.05, 3.63) is 28.4 Å². The van der Waals surface area contributed by atoms with Gasteiger partial charge in [0, 0.05) is 11.5 Å². The molecule has 0 spiro atoms. The minimum absolute atomic E-state index is 0.0382. The van der Waals surface area contributed by atoms with E-state index in [1.54, 1.807) is 12.1 Å². The van der Waals surface area contributed by atoms with Crippen LogP contribution in [0.2, 0.25) is 0 Å². The third-order valence-electron chi connectivity index (χ3n) is 2.48. The van der Waals surface area contributed by atoms with E-state index in [1.165, 1.54) is 20.3 Å². The van der Waals surface area contributed by atoms with E-state index in [0.29, 0.717) is 21.1 Å². The molecule has 94 valence electrons. The zero-order valence-electron chi connectivity index (χ0n) is 9.73. The Morgan fingerprint density at radius 2 is 2.11 bits per heavy atom. The predicted octanol–water partition coefficient (Wildman–Crippen LogP) is 2.50. The molecule has 2 aromatic rings. The van der Waals surface area contributed by atoms with E-state index < -0.39 is 5.97 Å². The lowest BCUT2D eigenvalue weighted by molar-refractivity contribution is 0.0594. The van der Waals surface area contributed by atoms with Gasteiger partial charge in [-0.05, 0) is 28.1 Å².